The highest BCUT2D eigenvalue weighted by Gasteiger charge is 2.28. The van der Waals surface area contributed by atoms with Crippen LogP contribution in [-0.2, 0) is 13.8 Å². The molecule has 1 aliphatic rings. The van der Waals surface area contributed by atoms with Crippen LogP contribution < -0.4 is 5.32 Å². The summed E-state index contributed by atoms with van der Waals surface area (Å²) in [5, 5.41) is 2.69. The smallest absolute Gasteiger partial charge is 0.262 e. The molecule has 21 heavy (non-hydrogen) atoms. The zero-order chi connectivity index (χ0) is 15.8. The van der Waals surface area contributed by atoms with Crippen LogP contribution in [-0.4, -0.2) is 33.1 Å². The van der Waals surface area contributed by atoms with Crippen molar-refractivity contribution in [1.82, 2.24) is 5.32 Å². The molecule has 1 aromatic carbocycles. The van der Waals surface area contributed by atoms with Gasteiger partial charge in [-0.2, -0.15) is 0 Å². The van der Waals surface area contributed by atoms with Gasteiger partial charge >= 0.3 is 0 Å². The predicted octanol–water partition coefficient (Wildman–Crippen LogP) is 2.42. The number of nitrogens with one attached hydrogen (secondary N) is 1. The Balaban J connectivity index is 2.35. The molecule has 0 saturated carbocycles. The van der Waals surface area contributed by atoms with Crippen LogP contribution in [0.5, 0.6) is 0 Å². The number of benzene rings is 1. The summed E-state index contributed by atoms with van der Waals surface area (Å²) in [6.07, 6.45) is 0.484. The Morgan fingerprint density at radius 3 is 2.71 bits per heavy atom. The Hall–Kier alpha value is -0.700. The van der Waals surface area contributed by atoms with Gasteiger partial charge in [-0.3, -0.25) is 4.79 Å². The summed E-state index contributed by atoms with van der Waals surface area (Å²) in [6, 6.07) is 1.50. The van der Waals surface area contributed by atoms with E-state index < -0.39 is 25.7 Å². The number of carbonyl (C=O) groups excluding carboxylic acids is 1. The summed E-state index contributed by atoms with van der Waals surface area (Å²) in [7, 11) is 1.06. The first-order valence-electron chi connectivity index (χ1n) is 6.06. The number of halogens is 3. The van der Waals surface area contributed by atoms with Crippen molar-refractivity contribution in [3.63, 3.8) is 0 Å². The van der Waals surface area contributed by atoms with E-state index in [2.05, 4.69) is 21.2 Å². The van der Waals surface area contributed by atoms with Gasteiger partial charge in [-0.1, -0.05) is 0 Å². The number of rotatable bonds is 3. The summed E-state index contributed by atoms with van der Waals surface area (Å²) in [4.78, 5) is 11.7. The van der Waals surface area contributed by atoms with Crippen LogP contribution in [0.25, 0.3) is 0 Å². The van der Waals surface area contributed by atoms with Gasteiger partial charge in [-0.05, 0) is 41.4 Å². The van der Waals surface area contributed by atoms with E-state index in [1.807, 2.05) is 6.92 Å². The molecule has 1 amide bonds. The second-order valence-electron chi connectivity index (χ2n) is 4.65. The van der Waals surface area contributed by atoms with Gasteiger partial charge in [0.25, 0.3) is 15.0 Å². The lowest BCUT2D eigenvalue weighted by Crippen LogP contribution is -2.39. The summed E-state index contributed by atoms with van der Waals surface area (Å²) >= 11 is 2.99. The number of carbonyl (C=O) groups is 1. The van der Waals surface area contributed by atoms with Crippen LogP contribution >= 0.6 is 26.6 Å². The van der Waals surface area contributed by atoms with Crippen molar-refractivity contribution >= 4 is 41.6 Å². The van der Waals surface area contributed by atoms with E-state index in [4.69, 9.17) is 15.4 Å². The Labute approximate surface area is 134 Å². The number of hydrogen-bond donors (Lipinski definition) is 1. The van der Waals surface area contributed by atoms with E-state index in [1.54, 1.807) is 0 Å². The molecule has 1 fully saturated rings. The van der Waals surface area contributed by atoms with Crippen LogP contribution in [0, 0.1) is 5.82 Å². The fourth-order valence-corrected chi connectivity index (χ4v) is 4.34. The van der Waals surface area contributed by atoms with E-state index in [1.165, 1.54) is 0 Å². The van der Waals surface area contributed by atoms with Crippen molar-refractivity contribution in [1.29, 1.82) is 0 Å². The quantitative estimate of drug-likeness (QED) is 0.791. The third-order valence-electron chi connectivity index (χ3n) is 3.20. The van der Waals surface area contributed by atoms with Crippen LogP contribution in [0.4, 0.5) is 4.39 Å². The van der Waals surface area contributed by atoms with Crippen molar-refractivity contribution in [2.45, 2.75) is 30.4 Å². The summed E-state index contributed by atoms with van der Waals surface area (Å²) in [6.45, 7) is 2.34. The normalized spacial score (nSPS) is 22.3. The van der Waals surface area contributed by atoms with Crippen molar-refractivity contribution in [2.24, 2.45) is 0 Å². The Morgan fingerprint density at radius 1 is 1.52 bits per heavy atom. The minimum absolute atomic E-state index is 0.0667. The summed E-state index contributed by atoms with van der Waals surface area (Å²) in [5.41, 5.74) is -0.131. The maximum absolute atomic E-state index is 13.5. The highest BCUT2D eigenvalue weighted by Crippen LogP contribution is 2.30. The van der Waals surface area contributed by atoms with Gasteiger partial charge < -0.3 is 10.1 Å². The summed E-state index contributed by atoms with van der Waals surface area (Å²) < 4.78 is 41.6. The van der Waals surface area contributed by atoms with Crippen molar-refractivity contribution in [3.8, 4) is 0 Å². The van der Waals surface area contributed by atoms with E-state index in [9.17, 15) is 17.6 Å². The number of amides is 1. The zero-order valence-corrected chi connectivity index (χ0v) is 14.1. The van der Waals surface area contributed by atoms with E-state index in [0.717, 1.165) is 12.1 Å². The maximum atomic E-state index is 13.5. The Morgan fingerprint density at radius 2 is 2.19 bits per heavy atom. The monoisotopic (exact) mass is 399 g/mol. The molecule has 2 rings (SSSR count). The fourth-order valence-electron chi connectivity index (χ4n) is 2.07. The number of hydrogen-bond acceptors (Lipinski definition) is 4. The highest BCUT2D eigenvalue weighted by atomic mass is 79.9. The van der Waals surface area contributed by atoms with Crippen LogP contribution in [0.15, 0.2) is 21.5 Å². The van der Waals surface area contributed by atoms with Gasteiger partial charge in [0.05, 0.1) is 22.2 Å². The standard InChI is InChI=1S/C12H12BrClFNO4S/c1-6-9(2-3-20-6)16-12(17)8-4-7(15)5-10(11(8)13)21(14,18)19/h4-6,9H,2-3H2,1H3,(H,16,17). The molecule has 0 bridgehead atoms. The first kappa shape index (κ1) is 16.7. The molecule has 0 spiro atoms. The van der Waals surface area contributed by atoms with Gasteiger partial charge in [0.1, 0.15) is 10.7 Å². The molecule has 1 saturated heterocycles. The first-order chi connectivity index (χ1) is 9.70. The van der Waals surface area contributed by atoms with Gasteiger partial charge in [0, 0.05) is 17.3 Å². The fraction of sp³-hybridized carbons (Fsp3) is 0.417. The predicted molar refractivity (Wildman–Crippen MR) is 78.4 cm³/mol. The SMILES string of the molecule is CC1OCCC1NC(=O)c1cc(F)cc(S(=O)(=O)Cl)c1Br. The van der Waals surface area contributed by atoms with Gasteiger partial charge in [0.15, 0.2) is 0 Å². The maximum Gasteiger partial charge on any atom is 0.262 e. The van der Waals surface area contributed by atoms with Gasteiger partial charge in [-0.15, -0.1) is 0 Å². The first-order valence-corrected chi connectivity index (χ1v) is 9.16. The molecule has 0 radical (unpaired) electrons. The molecular formula is C12H12BrClFNO4S. The minimum atomic E-state index is -4.17. The second kappa shape index (κ2) is 6.20. The molecule has 1 N–H and O–H groups in total. The van der Waals surface area contributed by atoms with Crippen molar-refractivity contribution in [2.75, 3.05) is 6.61 Å². The van der Waals surface area contributed by atoms with Crippen LogP contribution in [0.1, 0.15) is 23.7 Å². The second-order valence-corrected chi connectivity index (χ2v) is 7.98. The molecular weight excluding hydrogens is 389 g/mol. The molecule has 1 aliphatic heterocycles. The molecule has 1 aromatic rings. The lowest BCUT2D eigenvalue weighted by molar-refractivity contribution is 0.0865. The average molecular weight is 401 g/mol. The largest absolute Gasteiger partial charge is 0.376 e. The Bertz CT molecular complexity index is 682. The van der Waals surface area contributed by atoms with E-state index in [-0.39, 0.29) is 22.2 Å². The average Bonchev–Trinajstić information content (AvgIpc) is 2.76. The zero-order valence-electron chi connectivity index (χ0n) is 10.9. The minimum Gasteiger partial charge on any atom is -0.376 e. The topological polar surface area (TPSA) is 72.5 Å². The van der Waals surface area contributed by atoms with E-state index >= 15 is 0 Å². The molecule has 5 nitrogen and oxygen atoms in total. The third-order valence-corrected chi connectivity index (χ3v) is 5.67. The molecule has 0 aromatic heterocycles. The van der Waals surface area contributed by atoms with Gasteiger partial charge in [0.2, 0.25) is 0 Å². The lowest BCUT2D eigenvalue weighted by atomic mass is 10.1. The Kier molecular flexibility index (Phi) is 4.92. The van der Waals surface area contributed by atoms with Crippen molar-refractivity contribution in [3.05, 3.63) is 28.0 Å². The molecule has 116 valence electrons. The van der Waals surface area contributed by atoms with Crippen LogP contribution in [0.3, 0.4) is 0 Å². The lowest BCUT2D eigenvalue weighted by Gasteiger charge is -2.17. The van der Waals surface area contributed by atoms with Crippen LogP contribution in [0.2, 0.25) is 0 Å². The highest BCUT2D eigenvalue weighted by molar-refractivity contribution is 9.10. The molecule has 9 heteroatoms. The molecule has 2 atom stereocenters. The van der Waals surface area contributed by atoms with E-state index in [0.29, 0.717) is 13.0 Å². The molecule has 2 unspecified atom stereocenters. The van der Waals surface area contributed by atoms with Crippen molar-refractivity contribution < 1.29 is 22.3 Å². The third kappa shape index (κ3) is 3.74. The summed E-state index contributed by atoms with van der Waals surface area (Å²) in [5.74, 6) is -1.46. The number of ether oxygens (including phenoxy) is 1. The molecule has 0 aliphatic carbocycles. The van der Waals surface area contributed by atoms with Gasteiger partial charge in [-0.25, -0.2) is 12.8 Å². The molecule has 1 heterocycles.